The van der Waals surface area contributed by atoms with E-state index in [0.717, 1.165) is 64.2 Å². The lowest BCUT2D eigenvalue weighted by molar-refractivity contribution is -0.870. The Morgan fingerprint density at radius 3 is 1.46 bits per heavy atom. The Balaban J connectivity index is 4.71. The zero-order chi connectivity index (χ0) is 46.5. The van der Waals surface area contributed by atoms with Gasteiger partial charge in [-0.05, 0) is 83.5 Å². The summed E-state index contributed by atoms with van der Waals surface area (Å²) in [4.78, 5) is 35.4. The fraction of sp³-hybridized carbons (Fsp3) is 0.500. The highest BCUT2D eigenvalue weighted by Crippen LogP contribution is 2.43. The van der Waals surface area contributed by atoms with Crippen molar-refractivity contribution in [2.75, 3.05) is 47.5 Å². The summed E-state index contributed by atoms with van der Waals surface area (Å²) in [6.07, 6.45) is 58.1. The Kier molecular flexibility index (Phi) is 39.1. The molecule has 0 aliphatic rings. The van der Waals surface area contributed by atoms with Crippen molar-refractivity contribution in [1.82, 2.24) is 0 Å². The van der Waals surface area contributed by atoms with Crippen molar-refractivity contribution in [3.05, 3.63) is 146 Å². The van der Waals surface area contributed by atoms with Crippen LogP contribution in [-0.4, -0.2) is 86.1 Å². The Morgan fingerprint density at radius 1 is 0.556 bits per heavy atom. The second-order valence-electron chi connectivity index (χ2n) is 15.5. The van der Waals surface area contributed by atoms with Crippen LogP contribution in [-0.2, 0) is 32.7 Å². The van der Waals surface area contributed by atoms with Gasteiger partial charge in [0.2, 0.25) is 0 Å². The van der Waals surface area contributed by atoms with Gasteiger partial charge in [0.25, 0.3) is 0 Å². The molecular weight excluding hydrogens is 814 g/mol. The van der Waals surface area contributed by atoms with E-state index in [0.29, 0.717) is 30.3 Å². The van der Waals surface area contributed by atoms with Crippen LogP contribution in [0.15, 0.2) is 146 Å². The van der Waals surface area contributed by atoms with E-state index in [-0.39, 0.29) is 26.1 Å². The summed E-state index contributed by atoms with van der Waals surface area (Å²) in [7, 11) is 1.30. The van der Waals surface area contributed by atoms with Crippen LogP contribution >= 0.6 is 7.82 Å². The molecule has 0 aromatic rings. The molecule has 11 heteroatoms. The van der Waals surface area contributed by atoms with Crippen molar-refractivity contribution >= 4 is 19.8 Å². The summed E-state index contributed by atoms with van der Waals surface area (Å²) < 4.78 is 34.1. The molecule has 352 valence electrons. The predicted octanol–water partition coefficient (Wildman–Crippen LogP) is 12.2. The first kappa shape index (κ1) is 58.9. The number of hydrogen-bond donors (Lipinski definition) is 2. The molecule has 0 aliphatic heterocycles. The lowest BCUT2D eigenvalue weighted by Gasteiger charge is -2.24. The van der Waals surface area contributed by atoms with Crippen LogP contribution in [0.3, 0.4) is 0 Å². The van der Waals surface area contributed by atoms with E-state index in [9.17, 15) is 24.2 Å². The summed E-state index contributed by atoms with van der Waals surface area (Å²) in [6.45, 7) is 3.85. The molecule has 10 nitrogen and oxygen atoms in total. The van der Waals surface area contributed by atoms with Gasteiger partial charge in [-0.15, -0.1) is 0 Å². The molecule has 0 amide bonds. The van der Waals surface area contributed by atoms with Gasteiger partial charge in [0, 0.05) is 12.8 Å². The summed E-state index contributed by atoms with van der Waals surface area (Å²) >= 11 is 0. The van der Waals surface area contributed by atoms with Gasteiger partial charge < -0.3 is 24.0 Å². The number of likely N-dealkylation sites (N-methyl/N-ethyl adjacent to an activating group) is 1. The number of allylic oxidation sites excluding steroid dienone is 22. The third-order valence-corrected chi connectivity index (χ3v) is 9.46. The van der Waals surface area contributed by atoms with Crippen molar-refractivity contribution in [1.29, 1.82) is 0 Å². The Bertz CT molecular complexity index is 1590. The molecule has 0 fully saturated rings. The molecule has 0 saturated carbocycles. The van der Waals surface area contributed by atoms with Crippen LogP contribution in [0.4, 0.5) is 0 Å². The maximum atomic E-state index is 12.7. The Morgan fingerprint density at radius 2 is 0.984 bits per heavy atom. The smallest absolute Gasteiger partial charge is 0.462 e. The SMILES string of the molecule is CC/C=C\C/C=C\C/C=C\C/C=C\C=C/C(O)C/C=C\CCC(=O)O[C@H](COC(=O)CC/C=C\C/C=C\C/C=C\C/C=C\C/C=C\C/C=C\CC)COP(=O)(O)OCC[N+](C)(C)C. The number of esters is 2. The molecule has 0 spiro atoms. The van der Waals surface area contributed by atoms with Gasteiger partial charge in [0.15, 0.2) is 6.10 Å². The van der Waals surface area contributed by atoms with Crippen molar-refractivity contribution in [3.63, 3.8) is 0 Å². The van der Waals surface area contributed by atoms with E-state index in [1.165, 1.54) is 0 Å². The van der Waals surface area contributed by atoms with Crippen molar-refractivity contribution < 1.29 is 47.2 Å². The number of phosphoric acid groups is 1. The van der Waals surface area contributed by atoms with Crippen LogP contribution in [0, 0.1) is 0 Å². The number of nitrogens with zero attached hydrogens (tertiary/aromatic N) is 1. The van der Waals surface area contributed by atoms with Gasteiger partial charge in [-0.1, -0.05) is 160 Å². The number of carbonyl (C=O) groups is 2. The van der Waals surface area contributed by atoms with Gasteiger partial charge in [-0.2, -0.15) is 0 Å². The fourth-order valence-electron chi connectivity index (χ4n) is 4.97. The first-order valence-electron chi connectivity index (χ1n) is 22.7. The molecule has 2 N–H and O–H groups in total. The molecule has 0 aliphatic carbocycles. The standard InChI is InChI=1S/C52H80NO9P/c1-6-8-10-12-14-16-18-20-21-22-23-24-25-27-29-31-33-35-39-43-51(55)59-47-50(48-61-63(57,58)60-46-45-53(3,4)5)62-52(56)44-40-36-38-42-49(54)41-37-34-32-30-28-26-19-17-15-13-11-9-7-2/h8-11,14-17,20-21,23-24,26-29,32-38,41,49-50,54H,6-7,12-13,18-19,22,25,30-31,39-40,42-48H2,1-5H3/p+1/b10-8-,11-9-,16-14-,17-15-,21-20-,24-23-,28-26-,29-27-,34-32-,35-33-,38-36-,41-37-/t49?,50-/m1/s1. The molecule has 0 radical (unpaired) electrons. The monoisotopic (exact) mass is 895 g/mol. The molecule has 3 atom stereocenters. The fourth-order valence-corrected chi connectivity index (χ4v) is 5.71. The van der Waals surface area contributed by atoms with E-state index in [1.54, 1.807) is 18.2 Å². The molecule has 2 unspecified atom stereocenters. The van der Waals surface area contributed by atoms with Crippen molar-refractivity contribution in [2.24, 2.45) is 0 Å². The number of hydrogen-bond acceptors (Lipinski definition) is 8. The number of rotatable bonds is 38. The van der Waals surface area contributed by atoms with Gasteiger partial charge in [0.1, 0.15) is 19.8 Å². The van der Waals surface area contributed by atoms with Gasteiger partial charge in [0.05, 0.1) is 33.9 Å². The molecule has 0 saturated heterocycles. The quantitative estimate of drug-likeness (QED) is 0.0205. The highest BCUT2D eigenvalue weighted by Gasteiger charge is 2.27. The minimum Gasteiger partial charge on any atom is -0.462 e. The Hall–Kier alpha value is -4.15. The van der Waals surface area contributed by atoms with Crippen LogP contribution in [0.2, 0.25) is 0 Å². The lowest BCUT2D eigenvalue weighted by atomic mass is 10.2. The minimum atomic E-state index is -4.45. The minimum absolute atomic E-state index is 0.00824. The van der Waals surface area contributed by atoms with E-state index in [1.807, 2.05) is 51.5 Å². The first-order valence-corrected chi connectivity index (χ1v) is 24.2. The molecule has 0 aromatic carbocycles. The summed E-state index contributed by atoms with van der Waals surface area (Å²) in [5, 5.41) is 10.2. The third-order valence-electron chi connectivity index (χ3n) is 8.47. The van der Waals surface area contributed by atoms with E-state index < -0.39 is 38.6 Å². The number of aliphatic hydroxyl groups excluding tert-OH is 1. The first-order chi connectivity index (χ1) is 30.4. The summed E-state index contributed by atoms with van der Waals surface area (Å²) in [5.74, 6) is -1.10. The van der Waals surface area contributed by atoms with Crippen LogP contribution < -0.4 is 0 Å². The second-order valence-corrected chi connectivity index (χ2v) is 17.0. The average Bonchev–Trinajstić information content (AvgIpc) is 3.23. The topological polar surface area (TPSA) is 129 Å². The molecule has 0 rings (SSSR count). The zero-order valence-corrected chi connectivity index (χ0v) is 40.0. The molecule has 0 heterocycles. The number of aliphatic hydroxyl groups is 1. The van der Waals surface area contributed by atoms with Crippen molar-refractivity contribution in [2.45, 2.75) is 122 Å². The average molecular weight is 895 g/mol. The number of ether oxygens (including phenoxy) is 2. The highest BCUT2D eigenvalue weighted by molar-refractivity contribution is 7.47. The second kappa shape index (κ2) is 41.8. The molecule has 0 aromatic heterocycles. The molecule has 0 bridgehead atoms. The maximum Gasteiger partial charge on any atom is 0.472 e. The van der Waals surface area contributed by atoms with Gasteiger partial charge in [-0.25, -0.2) is 4.57 Å². The predicted molar refractivity (Wildman–Crippen MR) is 262 cm³/mol. The number of phosphoric ester groups is 1. The maximum absolute atomic E-state index is 12.7. The summed E-state index contributed by atoms with van der Waals surface area (Å²) in [6, 6.07) is 0. The van der Waals surface area contributed by atoms with Gasteiger partial charge in [-0.3, -0.25) is 18.6 Å². The van der Waals surface area contributed by atoms with Crippen LogP contribution in [0.25, 0.3) is 0 Å². The molecular formula is C52H81NO9P+. The van der Waals surface area contributed by atoms with Crippen LogP contribution in [0.5, 0.6) is 0 Å². The largest absolute Gasteiger partial charge is 0.472 e. The normalized spacial score (nSPS) is 15.3. The van der Waals surface area contributed by atoms with Gasteiger partial charge >= 0.3 is 19.8 Å². The van der Waals surface area contributed by atoms with Crippen LogP contribution in [0.1, 0.15) is 110 Å². The van der Waals surface area contributed by atoms with Crippen molar-refractivity contribution in [3.8, 4) is 0 Å². The number of carbonyl (C=O) groups excluding carboxylic acids is 2. The summed E-state index contributed by atoms with van der Waals surface area (Å²) in [5.41, 5.74) is 0. The lowest BCUT2D eigenvalue weighted by Crippen LogP contribution is -2.37. The van der Waals surface area contributed by atoms with E-state index in [2.05, 4.69) is 111 Å². The van der Waals surface area contributed by atoms with E-state index in [4.69, 9.17) is 18.5 Å². The third kappa shape index (κ3) is 45.7. The highest BCUT2D eigenvalue weighted by atomic mass is 31.2. The zero-order valence-electron chi connectivity index (χ0n) is 39.1. The van der Waals surface area contributed by atoms with E-state index >= 15 is 0 Å². The number of quaternary nitrogens is 1. The Labute approximate surface area is 381 Å². The molecule has 63 heavy (non-hydrogen) atoms.